The van der Waals surface area contributed by atoms with E-state index in [2.05, 4.69) is 4.98 Å². The van der Waals surface area contributed by atoms with Crippen molar-refractivity contribution in [1.29, 1.82) is 0 Å². The van der Waals surface area contributed by atoms with Crippen molar-refractivity contribution in [2.24, 2.45) is 0 Å². The van der Waals surface area contributed by atoms with Gasteiger partial charge in [0.1, 0.15) is 0 Å². The Balaban J connectivity index is 1.55. The van der Waals surface area contributed by atoms with Crippen LogP contribution >= 0.6 is 0 Å². The van der Waals surface area contributed by atoms with Gasteiger partial charge in [0.2, 0.25) is 5.91 Å². The van der Waals surface area contributed by atoms with E-state index in [0.29, 0.717) is 19.4 Å². The Hall–Kier alpha value is -2.60. The van der Waals surface area contributed by atoms with Crippen molar-refractivity contribution in [3.8, 4) is 11.3 Å². The Bertz CT molecular complexity index is 711. The Labute approximate surface area is 140 Å². The highest BCUT2D eigenvalue weighted by Crippen LogP contribution is 2.19. The molecular weight excluding hydrogens is 308 g/mol. The van der Waals surface area contributed by atoms with Gasteiger partial charge in [-0.1, -0.05) is 30.3 Å². The molecule has 3 rings (SSSR count). The van der Waals surface area contributed by atoms with Crippen molar-refractivity contribution in [2.45, 2.75) is 18.9 Å². The van der Waals surface area contributed by atoms with Crippen molar-refractivity contribution in [2.75, 3.05) is 19.7 Å². The molecule has 1 aromatic carbocycles. The molecule has 0 saturated carbocycles. The Kier molecular flexibility index (Phi) is 4.96. The fraction of sp³-hybridized carbons (Fsp3) is 0.333. The maximum Gasteiger partial charge on any atom is 0.334 e. The van der Waals surface area contributed by atoms with Crippen molar-refractivity contribution in [3.05, 3.63) is 48.2 Å². The number of nitrogens with one attached hydrogen (secondary N) is 1. The number of hydrogen-bond acceptors (Lipinski definition) is 3. The summed E-state index contributed by atoms with van der Waals surface area (Å²) in [6.07, 6.45) is 0.0276. The van der Waals surface area contributed by atoms with Crippen molar-refractivity contribution >= 4 is 11.9 Å². The van der Waals surface area contributed by atoms with Crippen molar-refractivity contribution < 1.29 is 19.4 Å². The van der Waals surface area contributed by atoms with E-state index >= 15 is 0 Å². The smallest absolute Gasteiger partial charge is 0.334 e. The molecule has 1 unspecified atom stereocenters. The number of morpholine rings is 1. The van der Waals surface area contributed by atoms with Gasteiger partial charge in [-0.3, -0.25) is 4.79 Å². The molecule has 0 bridgehead atoms. The third-order valence-corrected chi connectivity index (χ3v) is 4.13. The zero-order chi connectivity index (χ0) is 16.9. The average Bonchev–Trinajstić information content (AvgIpc) is 3.09. The molecule has 2 aromatic rings. The molecule has 1 aliphatic rings. The lowest BCUT2D eigenvalue weighted by molar-refractivity contribution is -0.159. The van der Waals surface area contributed by atoms with Gasteiger partial charge in [0, 0.05) is 24.4 Å². The molecule has 0 radical (unpaired) electrons. The molecule has 1 aromatic heterocycles. The SMILES string of the molecule is O=C(O)C1CN(C(=O)CCc2ccc(-c3ccccc3)[nH]2)CCO1. The van der Waals surface area contributed by atoms with Crippen LogP contribution < -0.4 is 0 Å². The van der Waals surface area contributed by atoms with Gasteiger partial charge in [-0.2, -0.15) is 0 Å². The number of rotatable bonds is 5. The third kappa shape index (κ3) is 3.83. The topological polar surface area (TPSA) is 82.6 Å². The van der Waals surface area contributed by atoms with Crippen molar-refractivity contribution in [3.63, 3.8) is 0 Å². The van der Waals surface area contributed by atoms with Gasteiger partial charge in [0.15, 0.2) is 6.10 Å². The van der Waals surface area contributed by atoms with Crippen LogP contribution in [0.3, 0.4) is 0 Å². The summed E-state index contributed by atoms with van der Waals surface area (Å²) in [7, 11) is 0. The van der Waals surface area contributed by atoms with E-state index < -0.39 is 12.1 Å². The van der Waals surface area contributed by atoms with E-state index in [-0.39, 0.29) is 19.1 Å². The first-order valence-electron chi connectivity index (χ1n) is 7.99. The summed E-state index contributed by atoms with van der Waals surface area (Å²) in [4.78, 5) is 28.1. The zero-order valence-electron chi connectivity index (χ0n) is 13.3. The number of hydrogen-bond donors (Lipinski definition) is 2. The number of carboxylic acids is 1. The number of carbonyl (C=O) groups excluding carboxylic acids is 1. The van der Waals surface area contributed by atoms with Crippen molar-refractivity contribution in [1.82, 2.24) is 9.88 Å². The van der Waals surface area contributed by atoms with Gasteiger partial charge in [-0.05, 0) is 24.1 Å². The molecule has 6 heteroatoms. The molecule has 2 N–H and O–H groups in total. The van der Waals surface area contributed by atoms with Crippen LogP contribution in [0.5, 0.6) is 0 Å². The fourth-order valence-corrected chi connectivity index (χ4v) is 2.80. The molecule has 0 aliphatic carbocycles. The summed E-state index contributed by atoms with van der Waals surface area (Å²) in [5, 5.41) is 8.99. The lowest BCUT2D eigenvalue weighted by Gasteiger charge is -2.30. The highest BCUT2D eigenvalue weighted by atomic mass is 16.5. The number of aryl methyl sites for hydroxylation is 1. The second-order valence-corrected chi connectivity index (χ2v) is 5.80. The van der Waals surface area contributed by atoms with Crippen LogP contribution in [0.4, 0.5) is 0 Å². The summed E-state index contributed by atoms with van der Waals surface area (Å²) in [5.41, 5.74) is 3.12. The summed E-state index contributed by atoms with van der Waals surface area (Å²) < 4.78 is 5.14. The summed E-state index contributed by atoms with van der Waals surface area (Å²) >= 11 is 0. The number of aromatic nitrogens is 1. The summed E-state index contributed by atoms with van der Waals surface area (Å²) in [6.45, 7) is 0.833. The van der Waals surface area contributed by atoms with Crippen LogP contribution in [0.1, 0.15) is 12.1 Å². The molecule has 1 amide bonds. The number of H-pyrrole nitrogens is 1. The first-order chi connectivity index (χ1) is 11.6. The monoisotopic (exact) mass is 328 g/mol. The van der Waals surface area contributed by atoms with E-state index in [1.807, 2.05) is 42.5 Å². The number of aromatic amines is 1. The minimum Gasteiger partial charge on any atom is -0.479 e. The lowest BCUT2D eigenvalue weighted by Crippen LogP contribution is -2.48. The number of carbonyl (C=O) groups is 2. The number of carboxylic acid groups (broad SMARTS) is 1. The van der Waals surface area contributed by atoms with Crippen LogP contribution in [0.25, 0.3) is 11.3 Å². The van der Waals surface area contributed by atoms with Crippen LogP contribution in [-0.2, 0) is 20.7 Å². The largest absolute Gasteiger partial charge is 0.479 e. The molecule has 126 valence electrons. The average molecular weight is 328 g/mol. The molecule has 1 aliphatic heterocycles. The van der Waals surface area contributed by atoms with Gasteiger partial charge < -0.3 is 19.7 Å². The Morgan fingerprint density at radius 2 is 2.00 bits per heavy atom. The molecule has 0 spiro atoms. The Morgan fingerprint density at radius 3 is 2.75 bits per heavy atom. The molecular formula is C18H20N2O4. The van der Waals surface area contributed by atoms with Crippen LogP contribution in [0.15, 0.2) is 42.5 Å². The second kappa shape index (κ2) is 7.31. The van der Waals surface area contributed by atoms with Gasteiger partial charge >= 0.3 is 5.97 Å². The molecule has 1 fully saturated rings. The van der Waals surface area contributed by atoms with E-state index in [0.717, 1.165) is 17.0 Å². The van der Waals surface area contributed by atoms with Gasteiger partial charge in [0.05, 0.1) is 13.2 Å². The van der Waals surface area contributed by atoms with E-state index in [1.54, 1.807) is 4.90 Å². The first kappa shape index (κ1) is 16.3. The number of ether oxygens (including phenoxy) is 1. The maximum atomic E-state index is 12.3. The van der Waals surface area contributed by atoms with Crippen LogP contribution in [-0.4, -0.2) is 52.7 Å². The van der Waals surface area contributed by atoms with Gasteiger partial charge in [-0.15, -0.1) is 0 Å². The van der Waals surface area contributed by atoms with Gasteiger partial charge in [-0.25, -0.2) is 4.79 Å². The van der Waals surface area contributed by atoms with E-state index in [4.69, 9.17) is 9.84 Å². The summed E-state index contributed by atoms with van der Waals surface area (Å²) in [6, 6.07) is 14.0. The highest BCUT2D eigenvalue weighted by Gasteiger charge is 2.28. The predicted molar refractivity (Wildman–Crippen MR) is 88.5 cm³/mol. The molecule has 2 heterocycles. The molecule has 6 nitrogen and oxygen atoms in total. The van der Waals surface area contributed by atoms with E-state index in [1.165, 1.54) is 0 Å². The number of amides is 1. The molecule has 24 heavy (non-hydrogen) atoms. The number of benzene rings is 1. The standard InChI is InChI=1S/C18H20N2O4/c21-17(20-10-11-24-16(12-20)18(22)23)9-7-14-6-8-15(19-14)13-4-2-1-3-5-13/h1-6,8,16,19H,7,9-12H2,(H,22,23). The normalized spacial score (nSPS) is 17.7. The molecule has 1 saturated heterocycles. The third-order valence-electron chi connectivity index (χ3n) is 4.13. The lowest BCUT2D eigenvalue weighted by atomic mass is 10.2. The maximum absolute atomic E-state index is 12.3. The number of nitrogens with zero attached hydrogens (tertiary/aromatic N) is 1. The molecule has 1 atom stereocenters. The van der Waals surface area contributed by atoms with E-state index in [9.17, 15) is 9.59 Å². The highest BCUT2D eigenvalue weighted by molar-refractivity contribution is 5.79. The quantitative estimate of drug-likeness (QED) is 0.878. The first-order valence-corrected chi connectivity index (χ1v) is 7.99. The predicted octanol–water partition coefficient (Wildman–Crippen LogP) is 1.93. The second-order valence-electron chi connectivity index (χ2n) is 5.80. The van der Waals surface area contributed by atoms with Crippen LogP contribution in [0.2, 0.25) is 0 Å². The summed E-state index contributed by atoms with van der Waals surface area (Å²) in [5.74, 6) is -1.07. The zero-order valence-corrected chi connectivity index (χ0v) is 13.3. The fourth-order valence-electron chi connectivity index (χ4n) is 2.80. The van der Waals surface area contributed by atoms with Crippen LogP contribution in [0, 0.1) is 0 Å². The minimum atomic E-state index is -1.02. The minimum absolute atomic E-state index is 0.0413. The van der Waals surface area contributed by atoms with Gasteiger partial charge in [0.25, 0.3) is 0 Å². The Morgan fingerprint density at radius 1 is 1.21 bits per heavy atom. The number of aliphatic carboxylic acids is 1.